The van der Waals surface area contributed by atoms with Gasteiger partial charge in [0, 0.05) is 26.7 Å². The number of hydrogen-bond donors (Lipinski definition) is 0. The van der Waals surface area contributed by atoms with Crippen LogP contribution in [0.25, 0.3) is 0 Å². The van der Waals surface area contributed by atoms with Gasteiger partial charge in [0.1, 0.15) is 10.4 Å². The van der Waals surface area contributed by atoms with E-state index in [9.17, 15) is 4.79 Å². The molecule has 0 unspecified atom stereocenters. The number of nitrogens with zero attached hydrogens (tertiary/aromatic N) is 4. The standard InChI is InChI=1S/C13H17BrN4O/c1-17-5-2-13(12(17)19)3-6-18(7-4-13)11-9-15-10(14)8-16-11/h8-9H,2-7H2,1H3. The van der Waals surface area contributed by atoms with Gasteiger partial charge in [0.15, 0.2) is 0 Å². The molecular weight excluding hydrogens is 308 g/mol. The van der Waals surface area contributed by atoms with Gasteiger partial charge in [-0.2, -0.15) is 0 Å². The second-order valence-corrected chi connectivity index (χ2v) is 6.25. The third kappa shape index (κ3) is 2.22. The maximum absolute atomic E-state index is 12.2. The molecule has 2 saturated heterocycles. The topological polar surface area (TPSA) is 49.3 Å². The van der Waals surface area contributed by atoms with Crippen LogP contribution in [-0.2, 0) is 4.79 Å². The Morgan fingerprint density at radius 3 is 2.37 bits per heavy atom. The van der Waals surface area contributed by atoms with Gasteiger partial charge in [-0.3, -0.25) is 4.79 Å². The molecule has 1 aromatic rings. The van der Waals surface area contributed by atoms with Crippen molar-refractivity contribution in [2.24, 2.45) is 5.41 Å². The van der Waals surface area contributed by atoms with Crippen molar-refractivity contribution in [1.82, 2.24) is 14.9 Å². The molecule has 1 amide bonds. The van der Waals surface area contributed by atoms with E-state index in [0.29, 0.717) is 5.91 Å². The summed E-state index contributed by atoms with van der Waals surface area (Å²) in [4.78, 5) is 24.9. The van der Waals surface area contributed by atoms with Crippen LogP contribution in [0, 0.1) is 5.41 Å². The highest BCUT2D eigenvalue weighted by atomic mass is 79.9. The fourth-order valence-corrected chi connectivity index (χ4v) is 3.30. The Labute approximate surface area is 121 Å². The molecule has 0 radical (unpaired) electrons. The number of anilines is 1. The first-order valence-electron chi connectivity index (χ1n) is 6.59. The zero-order valence-corrected chi connectivity index (χ0v) is 12.6. The van der Waals surface area contributed by atoms with Crippen molar-refractivity contribution in [3.63, 3.8) is 0 Å². The molecule has 0 N–H and O–H groups in total. The van der Waals surface area contributed by atoms with Crippen LogP contribution < -0.4 is 4.90 Å². The molecule has 0 atom stereocenters. The quantitative estimate of drug-likeness (QED) is 0.788. The predicted octanol–water partition coefficient (Wildman–Crippen LogP) is 1.69. The van der Waals surface area contributed by atoms with Crippen LogP contribution in [0.1, 0.15) is 19.3 Å². The fourth-order valence-electron chi connectivity index (χ4n) is 3.09. The molecule has 0 saturated carbocycles. The highest BCUT2D eigenvalue weighted by Gasteiger charge is 2.46. The van der Waals surface area contributed by atoms with Crippen LogP contribution in [0.5, 0.6) is 0 Å². The number of halogens is 1. The van der Waals surface area contributed by atoms with Crippen molar-refractivity contribution in [1.29, 1.82) is 0 Å². The Balaban J connectivity index is 1.70. The number of amides is 1. The number of carbonyl (C=O) groups is 1. The average molecular weight is 325 g/mol. The van der Waals surface area contributed by atoms with Crippen LogP contribution in [-0.4, -0.2) is 47.5 Å². The van der Waals surface area contributed by atoms with Gasteiger partial charge in [-0.05, 0) is 35.2 Å². The molecule has 0 bridgehead atoms. The van der Waals surface area contributed by atoms with E-state index >= 15 is 0 Å². The molecule has 1 aromatic heterocycles. The summed E-state index contributed by atoms with van der Waals surface area (Å²) >= 11 is 3.29. The van der Waals surface area contributed by atoms with Gasteiger partial charge in [-0.1, -0.05) is 0 Å². The van der Waals surface area contributed by atoms with E-state index in [4.69, 9.17) is 0 Å². The van der Waals surface area contributed by atoms with E-state index in [0.717, 1.165) is 49.3 Å². The minimum atomic E-state index is -0.103. The molecule has 0 aliphatic carbocycles. The lowest BCUT2D eigenvalue weighted by Gasteiger charge is -2.38. The summed E-state index contributed by atoms with van der Waals surface area (Å²) in [5, 5.41) is 0. The highest BCUT2D eigenvalue weighted by Crippen LogP contribution is 2.41. The third-order valence-corrected chi connectivity index (χ3v) is 4.79. The van der Waals surface area contributed by atoms with Gasteiger partial charge in [-0.15, -0.1) is 0 Å². The summed E-state index contributed by atoms with van der Waals surface area (Å²) < 4.78 is 0.748. The van der Waals surface area contributed by atoms with Gasteiger partial charge in [-0.25, -0.2) is 9.97 Å². The normalized spacial score (nSPS) is 22.3. The Morgan fingerprint density at radius 2 is 1.84 bits per heavy atom. The minimum absolute atomic E-state index is 0.103. The summed E-state index contributed by atoms with van der Waals surface area (Å²) in [6, 6.07) is 0. The van der Waals surface area contributed by atoms with Crippen molar-refractivity contribution in [3.8, 4) is 0 Å². The van der Waals surface area contributed by atoms with Gasteiger partial charge < -0.3 is 9.80 Å². The number of aromatic nitrogens is 2. The smallest absolute Gasteiger partial charge is 0.228 e. The zero-order chi connectivity index (χ0) is 13.5. The maximum Gasteiger partial charge on any atom is 0.228 e. The summed E-state index contributed by atoms with van der Waals surface area (Å²) in [5.74, 6) is 1.23. The van der Waals surface area contributed by atoms with E-state index in [1.54, 1.807) is 12.4 Å². The lowest BCUT2D eigenvalue weighted by Crippen LogP contribution is -2.44. The number of rotatable bonds is 1. The number of carbonyl (C=O) groups excluding carboxylic acids is 1. The van der Waals surface area contributed by atoms with Gasteiger partial charge in [0.25, 0.3) is 0 Å². The summed E-state index contributed by atoms with van der Waals surface area (Å²) in [5.41, 5.74) is -0.103. The zero-order valence-electron chi connectivity index (χ0n) is 11.0. The van der Waals surface area contributed by atoms with Gasteiger partial charge >= 0.3 is 0 Å². The van der Waals surface area contributed by atoms with Crippen molar-refractivity contribution in [2.45, 2.75) is 19.3 Å². The summed E-state index contributed by atoms with van der Waals surface area (Å²) in [6.45, 7) is 2.67. The lowest BCUT2D eigenvalue weighted by molar-refractivity contribution is -0.135. The second kappa shape index (κ2) is 4.74. The van der Waals surface area contributed by atoms with Crippen molar-refractivity contribution >= 4 is 27.7 Å². The molecule has 1 spiro atoms. The third-order valence-electron chi connectivity index (χ3n) is 4.38. The van der Waals surface area contributed by atoms with Crippen LogP contribution in [0.2, 0.25) is 0 Å². The van der Waals surface area contributed by atoms with Gasteiger partial charge in [0.05, 0.1) is 17.8 Å². The van der Waals surface area contributed by atoms with Crippen molar-refractivity contribution in [2.75, 3.05) is 31.6 Å². The molecule has 2 aliphatic heterocycles. The first-order valence-corrected chi connectivity index (χ1v) is 7.38. The molecule has 2 fully saturated rings. The SMILES string of the molecule is CN1CCC2(CCN(c3cnc(Br)cn3)CC2)C1=O. The summed E-state index contributed by atoms with van der Waals surface area (Å²) in [7, 11) is 1.91. The van der Waals surface area contributed by atoms with E-state index in [-0.39, 0.29) is 5.41 Å². The van der Waals surface area contributed by atoms with Crippen LogP contribution in [0.4, 0.5) is 5.82 Å². The van der Waals surface area contributed by atoms with E-state index in [1.165, 1.54) is 0 Å². The first kappa shape index (κ1) is 12.8. The Morgan fingerprint density at radius 1 is 1.16 bits per heavy atom. The fraction of sp³-hybridized carbons (Fsp3) is 0.615. The van der Waals surface area contributed by atoms with Crippen LogP contribution >= 0.6 is 15.9 Å². The molecule has 0 aromatic carbocycles. The molecule has 5 nitrogen and oxygen atoms in total. The maximum atomic E-state index is 12.2. The van der Waals surface area contributed by atoms with Crippen molar-refractivity contribution < 1.29 is 4.79 Å². The molecule has 3 heterocycles. The molecule has 102 valence electrons. The molecule has 3 rings (SSSR count). The Bertz CT molecular complexity index is 482. The first-order chi connectivity index (χ1) is 9.11. The Hall–Kier alpha value is -1.17. The van der Waals surface area contributed by atoms with E-state index in [2.05, 4.69) is 30.8 Å². The number of piperidine rings is 1. The number of hydrogen-bond acceptors (Lipinski definition) is 4. The molecule has 6 heteroatoms. The summed E-state index contributed by atoms with van der Waals surface area (Å²) in [6.07, 6.45) is 6.35. The molecule has 2 aliphatic rings. The Kier molecular flexibility index (Phi) is 3.20. The monoisotopic (exact) mass is 324 g/mol. The van der Waals surface area contributed by atoms with Crippen molar-refractivity contribution in [3.05, 3.63) is 17.0 Å². The average Bonchev–Trinajstić information content (AvgIpc) is 2.70. The molecule has 19 heavy (non-hydrogen) atoms. The van der Waals surface area contributed by atoms with Gasteiger partial charge in [0.2, 0.25) is 5.91 Å². The minimum Gasteiger partial charge on any atom is -0.355 e. The second-order valence-electron chi connectivity index (χ2n) is 5.44. The van der Waals surface area contributed by atoms with E-state index < -0.39 is 0 Å². The highest BCUT2D eigenvalue weighted by molar-refractivity contribution is 9.10. The van der Waals surface area contributed by atoms with Crippen LogP contribution in [0.15, 0.2) is 17.0 Å². The van der Waals surface area contributed by atoms with Crippen LogP contribution in [0.3, 0.4) is 0 Å². The molecular formula is C13H17BrN4O. The number of likely N-dealkylation sites (tertiary alicyclic amines) is 1. The largest absolute Gasteiger partial charge is 0.355 e. The lowest BCUT2D eigenvalue weighted by atomic mass is 9.77. The van der Waals surface area contributed by atoms with E-state index in [1.807, 2.05) is 11.9 Å². The predicted molar refractivity (Wildman–Crippen MR) is 75.9 cm³/mol.